The smallest absolute Gasteiger partial charge is 0.269 e. The summed E-state index contributed by atoms with van der Waals surface area (Å²) >= 11 is 0. The molecule has 6 nitrogen and oxygen atoms in total. The first-order chi connectivity index (χ1) is 16.7. The van der Waals surface area contributed by atoms with Gasteiger partial charge < -0.3 is 5.32 Å². The van der Waals surface area contributed by atoms with Crippen LogP contribution in [0.3, 0.4) is 0 Å². The Balaban J connectivity index is 1.79. The number of carbonyl (C=O) groups excluding carboxylic acids is 1. The van der Waals surface area contributed by atoms with E-state index in [4.69, 9.17) is 0 Å². The zero-order valence-corrected chi connectivity index (χ0v) is 19.9. The Morgan fingerprint density at radius 1 is 0.943 bits per heavy atom. The van der Waals surface area contributed by atoms with Crippen LogP contribution in [0.1, 0.15) is 35.7 Å². The van der Waals surface area contributed by atoms with Gasteiger partial charge in [-0.1, -0.05) is 6.07 Å². The first-order valence-corrected chi connectivity index (χ1v) is 11.1. The van der Waals surface area contributed by atoms with Crippen LogP contribution in [0.15, 0.2) is 67.0 Å². The highest BCUT2D eigenvalue weighted by Gasteiger charge is 2.22. The van der Waals surface area contributed by atoms with Gasteiger partial charge in [-0.3, -0.25) is 19.7 Å². The lowest BCUT2D eigenvalue weighted by atomic mass is 9.89. The zero-order chi connectivity index (χ0) is 25.2. The van der Waals surface area contributed by atoms with E-state index in [1.165, 1.54) is 6.07 Å². The van der Waals surface area contributed by atoms with Crippen LogP contribution in [0.2, 0.25) is 0 Å². The number of hydrogen-bond donors (Lipinski definition) is 1. The molecule has 0 saturated heterocycles. The predicted molar refractivity (Wildman–Crippen MR) is 133 cm³/mol. The van der Waals surface area contributed by atoms with Gasteiger partial charge in [-0.15, -0.1) is 0 Å². The van der Waals surface area contributed by atoms with Crippen molar-refractivity contribution in [2.45, 2.75) is 26.2 Å². The van der Waals surface area contributed by atoms with E-state index in [1.54, 1.807) is 49.8 Å². The van der Waals surface area contributed by atoms with Crippen molar-refractivity contribution in [3.05, 3.63) is 89.9 Å². The molecule has 0 aliphatic heterocycles. The van der Waals surface area contributed by atoms with E-state index in [-0.39, 0.29) is 17.4 Å². The van der Waals surface area contributed by atoms with Crippen LogP contribution in [0, 0.1) is 24.1 Å². The summed E-state index contributed by atoms with van der Waals surface area (Å²) in [6.07, 6.45) is 3.21. The molecule has 0 bridgehead atoms. The average molecular weight is 466 g/mol. The normalized spacial score (nSPS) is 11.1. The summed E-state index contributed by atoms with van der Waals surface area (Å²) in [6.45, 7) is 5.46. The third kappa shape index (κ3) is 4.92. The fraction of sp³-hybridized carbons (Fsp3) is 0.179. The van der Waals surface area contributed by atoms with Crippen LogP contribution < -0.4 is 5.32 Å². The number of aromatic nitrogens is 3. The first-order valence-electron chi connectivity index (χ1n) is 11.1. The second-order valence-electron chi connectivity index (χ2n) is 8.75. The molecular weight excluding hydrogens is 441 g/mol. The van der Waals surface area contributed by atoms with Crippen molar-refractivity contribution in [1.82, 2.24) is 20.3 Å². The summed E-state index contributed by atoms with van der Waals surface area (Å²) in [6, 6.07) is 18.0. The molecule has 4 rings (SSSR count). The highest BCUT2D eigenvalue weighted by atomic mass is 19.1. The fourth-order valence-corrected chi connectivity index (χ4v) is 3.75. The number of carbonyl (C=O) groups is 1. The summed E-state index contributed by atoms with van der Waals surface area (Å²) in [5.41, 5.74) is 4.94. The predicted octanol–water partition coefficient (Wildman–Crippen LogP) is 5.48. The van der Waals surface area contributed by atoms with Crippen molar-refractivity contribution in [3.8, 4) is 39.6 Å². The quantitative estimate of drug-likeness (QED) is 0.421. The van der Waals surface area contributed by atoms with Crippen molar-refractivity contribution in [2.24, 2.45) is 0 Å². The molecule has 0 spiro atoms. The number of aryl methyl sites for hydroxylation is 1. The van der Waals surface area contributed by atoms with Crippen LogP contribution in [0.5, 0.6) is 0 Å². The van der Waals surface area contributed by atoms with Gasteiger partial charge in [-0.2, -0.15) is 5.26 Å². The summed E-state index contributed by atoms with van der Waals surface area (Å²) < 4.78 is 15.0. The van der Waals surface area contributed by atoms with Crippen LogP contribution in [0.4, 0.5) is 4.39 Å². The molecule has 0 radical (unpaired) electrons. The number of rotatable bonds is 5. The van der Waals surface area contributed by atoms with Gasteiger partial charge in [0, 0.05) is 36.3 Å². The molecule has 174 valence electrons. The summed E-state index contributed by atoms with van der Waals surface area (Å²) in [5.74, 6) is -0.660. The lowest BCUT2D eigenvalue weighted by Crippen LogP contribution is -2.19. The van der Waals surface area contributed by atoms with Crippen molar-refractivity contribution in [2.75, 3.05) is 7.05 Å². The van der Waals surface area contributed by atoms with E-state index >= 15 is 4.39 Å². The summed E-state index contributed by atoms with van der Waals surface area (Å²) in [5, 5.41) is 12.0. The minimum atomic E-state index is -0.742. The number of nitriles is 1. The maximum Gasteiger partial charge on any atom is 0.269 e. The third-order valence-corrected chi connectivity index (χ3v) is 5.76. The lowest BCUT2D eigenvalue weighted by Gasteiger charge is -2.16. The van der Waals surface area contributed by atoms with Crippen LogP contribution in [-0.4, -0.2) is 27.9 Å². The maximum absolute atomic E-state index is 15.0. The average Bonchev–Trinajstić information content (AvgIpc) is 2.88. The zero-order valence-electron chi connectivity index (χ0n) is 19.9. The molecule has 1 amide bonds. The Bertz CT molecular complexity index is 1470. The maximum atomic E-state index is 15.0. The standard InChI is InChI=1S/C28H24FN5O/c1-17-11-21(14-24(34-17)20-8-9-32-25(13-20)27(35)31-4)22-12-18(5-6-23(22)29)19-7-10-33-26(15-19)28(2,3)16-30/h5-15H,1-4H3,(H,31,35). The molecule has 3 heterocycles. The highest BCUT2D eigenvalue weighted by molar-refractivity contribution is 5.93. The number of nitrogens with one attached hydrogen (secondary N) is 1. The van der Waals surface area contributed by atoms with Crippen molar-refractivity contribution >= 4 is 5.91 Å². The number of amides is 1. The molecule has 35 heavy (non-hydrogen) atoms. The number of hydrogen-bond acceptors (Lipinski definition) is 5. The van der Waals surface area contributed by atoms with Gasteiger partial charge >= 0.3 is 0 Å². The van der Waals surface area contributed by atoms with Crippen molar-refractivity contribution in [1.29, 1.82) is 5.26 Å². The molecule has 0 fully saturated rings. The monoisotopic (exact) mass is 465 g/mol. The Morgan fingerprint density at radius 2 is 1.66 bits per heavy atom. The highest BCUT2D eigenvalue weighted by Crippen LogP contribution is 2.33. The molecule has 1 N–H and O–H groups in total. The van der Waals surface area contributed by atoms with Crippen LogP contribution >= 0.6 is 0 Å². The van der Waals surface area contributed by atoms with E-state index in [1.807, 2.05) is 39.0 Å². The molecule has 0 aliphatic carbocycles. The van der Waals surface area contributed by atoms with E-state index in [2.05, 4.69) is 26.3 Å². The van der Waals surface area contributed by atoms with Crippen LogP contribution in [-0.2, 0) is 5.41 Å². The topological polar surface area (TPSA) is 91.6 Å². The van der Waals surface area contributed by atoms with Gasteiger partial charge in [0.05, 0.1) is 22.9 Å². The molecule has 3 aromatic heterocycles. The van der Waals surface area contributed by atoms with Crippen molar-refractivity contribution < 1.29 is 9.18 Å². The third-order valence-electron chi connectivity index (χ3n) is 5.76. The van der Waals surface area contributed by atoms with E-state index < -0.39 is 5.41 Å². The van der Waals surface area contributed by atoms with Gasteiger partial charge in [0.25, 0.3) is 5.91 Å². The van der Waals surface area contributed by atoms with E-state index in [0.29, 0.717) is 33.8 Å². The first kappa shape index (κ1) is 23.7. The summed E-state index contributed by atoms with van der Waals surface area (Å²) in [7, 11) is 1.54. The molecule has 0 atom stereocenters. The second-order valence-corrected chi connectivity index (χ2v) is 8.75. The molecule has 0 aliphatic rings. The number of nitrogens with zero attached hydrogens (tertiary/aromatic N) is 4. The SMILES string of the molecule is CNC(=O)c1cc(-c2cc(-c3cc(-c4ccnc(C(C)(C)C#N)c4)ccc3F)cc(C)n2)ccn1. The molecule has 1 aromatic carbocycles. The lowest BCUT2D eigenvalue weighted by molar-refractivity contribution is 0.0958. The summed E-state index contributed by atoms with van der Waals surface area (Å²) in [4.78, 5) is 25.1. The van der Waals surface area contributed by atoms with Gasteiger partial charge in [-0.05, 0) is 86.0 Å². The largest absolute Gasteiger partial charge is 0.354 e. The van der Waals surface area contributed by atoms with Gasteiger partial charge in [-0.25, -0.2) is 4.39 Å². The number of halogens is 1. The molecule has 7 heteroatoms. The Morgan fingerprint density at radius 3 is 2.40 bits per heavy atom. The molecule has 0 unspecified atom stereocenters. The minimum absolute atomic E-state index is 0.275. The molecular formula is C28H24FN5O. The fourth-order valence-electron chi connectivity index (χ4n) is 3.75. The molecule has 4 aromatic rings. The van der Waals surface area contributed by atoms with Gasteiger partial charge in [0.2, 0.25) is 0 Å². The number of pyridine rings is 3. The number of benzene rings is 1. The Hall–Kier alpha value is -4.44. The second kappa shape index (κ2) is 9.43. The Kier molecular flexibility index (Phi) is 6.39. The van der Waals surface area contributed by atoms with Gasteiger partial charge in [0.15, 0.2) is 0 Å². The van der Waals surface area contributed by atoms with E-state index in [9.17, 15) is 10.1 Å². The molecule has 0 saturated carbocycles. The Labute approximate surface area is 203 Å². The minimum Gasteiger partial charge on any atom is -0.354 e. The van der Waals surface area contributed by atoms with E-state index in [0.717, 1.165) is 11.1 Å². The van der Waals surface area contributed by atoms with Crippen molar-refractivity contribution in [3.63, 3.8) is 0 Å². The van der Waals surface area contributed by atoms with Gasteiger partial charge in [0.1, 0.15) is 11.5 Å². The van der Waals surface area contributed by atoms with Crippen LogP contribution in [0.25, 0.3) is 33.5 Å².